The number of benzene rings is 1. The number of aldehydes is 1. The summed E-state index contributed by atoms with van der Waals surface area (Å²) in [5.74, 6) is -0.718. The third-order valence-corrected chi connectivity index (χ3v) is 3.83. The van der Waals surface area contributed by atoms with Crippen LogP contribution in [0.4, 0.5) is 4.79 Å². The van der Waals surface area contributed by atoms with E-state index >= 15 is 0 Å². The lowest BCUT2D eigenvalue weighted by Crippen LogP contribution is -2.49. The molecule has 2 rings (SSSR count). The number of amides is 3. The maximum absolute atomic E-state index is 12.2. The van der Waals surface area contributed by atoms with Gasteiger partial charge in [-0.15, -0.1) is 0 Å². The highest BCUT2D eigenvalue weighted by molar-refractivity contribution is 5.90. The molecule has 3 amide bonds. The molecule has 134 valence electrons. The number of hydrogen-bond acceptors (Lipinski definition) is 5. The summed E-state index contributed by atoms with van der Waals surface area (Å²) in [5.41, 5.74) is 0.843. The second kappa shape index (κ2) is 9.41. The molecule has 1 aliphatic rings. The fourth-order valence-corrected chi connectivity index (χ4v) is 2.62. The van der Waals surface area contributed by atoms with Crippen LogP contribution in [0.3, 0.4) is 0 Å². The van der Waals surface area contributed by atoms with Gasteiger partial charge in [-0.25, -0.2) is 4.79 Å². The Labute approximate surface area is 145 Å². The second-order valence-corrected chi connectivity index (χ2v) is 5.57. The summed E-state index contributed by atoms with van der Waals surface area (Å²) in [6.45, 7) is 0.229. The minimum Gasteiger partial charge on any atom is -0.445 e. The number of carbonyl (C=O) groups excluding carboxylic acids is 4. The van der Waals surface area contributed by atoms with Crippen LogP contribution < -0.4 is 10.6 Å². The van der Waals surface area contributed by atoms with Gasteiger partial charge in [0.1, 0.15) is 25.5 Å². The molecular weight excluding hydrogens is 326 g/mol. The SMILES string of the molecule is O=CCNC(=O)[C@@H]1CCCN1C(=O)CNC(=O)OCc1ccccc1. The zero-order chi connectivity index (χ0) is 18.1. The highest BCUT2D eigenvalue weighted by atomic mass is 16.5. The molecule has 1 fully saturated rings. The molecule has 0 aliphatic carbocycles. The molecule has 0 saturated carbocycles. The van der Waals surface area contributed by atoms with Gasteiger partial charge < -0.3 is 25.1 Å². The van der Waals surface area contributed by atoms with Crippen LogP contribution in [0.25, 0.3) is 0 Å². The monoisotopic (exact) mass is 347 g/mol. The van der Waals surface area contributed by atoms with Gasteiger partial charge in [-0.1, -0.05) is 30.3 Å². The Morgan fingerprint density at radius 1 is 1.20 bits per heavy atom. The Kier molecular flexibility index (Phi) is 6.94. The lowest BCUT2D eigenvalue weighted by molar-refractivity contribution is -0.137. The van der Waals surface area contributed by atoms with Gasteiger partial charge in [0, 0.05) is 6.54 Å². The van der Waals surface area contributed by atoms with Gasteiger partial charge in [0.25, 0.3) is 0 Å². The molecular formula is C17H21N3O5. The Balaban J connectivity index is 1.75. The van der Waals surface area contributed by atoms with E-state index < -0.39 is 12.1 Å². The quantitative estimate of drug-likeness (QED) is 0.687. The van der Waals surface area contributed by atoms with Crippen LogP contribution in [0.2, 0.25) is 0 Å². The van der Waals surface area contributed by atoms with Crippen LogP contribution in [-0.4, -0.2) is 54.8 Å². The van der Waals surface area contributed by atoms with E-state index in [4.69, 9.17) is 4.74 Å². The van der Waals surface area contributed by atoms with E-state index in [0.717, 1.165) is 5.56 Å². The van der Waals surface area contributed by atoms with Gasteiger partial charge in [0.05, 0.1) is 6.54 Å². The van der Waals surface area contributed by atoms with Gasteiger partial charge in [-0.2, -0.15) is 0 Å². The molecule has 0 radical (unpaired) electrons. The van der Waals surface area contributed by atoms with Crippen LogP contribution in [0.5, 0.6) is 0 Å². The lowest BCUT2D eigenvalue weighted by atomic mass is 10.2. The zero-order valence-corrected chi connectivity index (χ0v) is 13.8. The van der Waals surface area contributed by atoms with E-state index in [0.29, 0.717) is 25.7 Å². The van der Waals surface area contributed by atoms with Crippen LogP contribution >= 0.6 is 0 Å². The summed E-state index contributed by atoms with van der Waals surface area (Å²) in [4.78, 5) is 47.6. The number of hydrogen-bond donors (Lipinski definition) is 2. The number of rotatable bonds is 7. The average molecular weight is 347 g/mol. The van der Waals surface area contributed by atoms with Crippen molar-refractivity contribution < 1.29 is 23.9 Å². The van der Waals surface area contributed by atoms with Crippen molar-refractivity contribution in [2.24, 2.45) is 0 Å². The first-order valence-corrected chi connectivity index (χ1v) is 8.07. The number of nitrogens with zero attached hydrogens (tertiary/aromatic N) is 1. The van der Waals surface area contributed by atoms with E-state index in [9.17, 15) is 19.2 Å². The third kappa shape index (κ3) is 5.59. The average Bonchev–Trinajstić information content (AvgIpc) is 3.13. The summed E-state index contributed by atoms with van der Waals surface area (Å²) in [6, 6.07) is 8.58. The molecule has 0 spiro atoms. The fraction of sp³-hybridized carbons (Fsp3) is 0.412. The minimum absolute atomic E-state index is 0.0819. The third-order valence-electron chi connectivity index (χ3n) is 3.83. The predicted octanol–water partition coefficient (Wildman–Crippen LogP) is 0.219. The maximum Gasteiger partial charge on any atom is 0.407 e. The van der Waals surface area contributed by atoms with Gasteiger partial charge >= 0.3 is 6.09 Å². The number of nitrogens with one attached hydrogen (secondary N) is 2. The van der Waals surface area contributed by atoms with E-state index in [2.05, 4.69) is 10.6 Å². The molecule has 1 saturated heterocycles. The first kappa shape index (κ1) is 18.4. The van der Waals surface area contributed by atoms with E-state index in [1.807, 2.05) is 30.3 Å². The van der Waals surface area contributed by atoms with Crippen molar-refractivity contribution in [3.63, 3.8) is 0 Å². The van der Waals surface area contributed by atoms with Gasteiger partial charge in [0.15, 0.2) is 0 Å². The van der Waals surface area contributed by atoms with Crippen molar-refractivity contribution in [1.82, 2.24) is 15.5 Å². The Hall–Kier alpha value is -2.90. The first-order chi connectivity index (χ1) is 12.1. The van der Waals surface area contributed by atoms with Crippen LogP contribution in [0, 0.1) is 0 Å². The van der Waals surface area contributed by atoms with Gasteiger partial charge in [-0.05, 0) is 18.4 Å². The largest absolute Gasteiger partial charge is 0.445 e. The summed E-state index contributed by atoms with van der Waals surface area (Å²) in [7, 11) is 0. The Morgan fingerprint density at radius 2 is 1.96 bits per heavy atom. The molecule has 0 bridgehead atoms. The maximum atomic E-state index is 12.2. The number of ether oxygens (including phenoxy) is 1. The van der Waals surface area contributed by atoms with E-state index in [1.165, 1.54) is 4.90 Å². The lowest BCUT2D eigenvalue weighted by Gasteiger charge is -2.23. The Bertz CT molecular complexity index is 620. The Morgan fingerprint density at radius 3 is 2.68 bits per heavy atom. The van der Waals surface area contributed by atoms with Crippen molar-refractivity contribution in [1.29, 1.82) is 0 Å². The highest BCUT2D eigenvalue weighted by Crippen LogP contribution is 2.17. The predicted molar refractivity (Wildman–Crippen MR) is 88.4 cm³/mol. The van der Waals surface area contributed by atoms with Crippen molar-refractivity contribution in [2.45, 2.75) is 25.5 Å². The van der Waals surface area contributed by atoms with Crippen LogP contribution in [-0.2, 0) is 25.7 Å². The molecule has 8 nitrogen and oxygen atoms in total. The number of alkyl carbamates (subject to hydrolysis) is 1. The summed E-state index contributed by atoms with van der Waals surface area (Å²) < 4.78 is 5.03. The standard InChI is InChI=1S/C17H21N3O5/c21-10-8-18-16(23)14-7-4-9-20(14)15(22)11-19-17(24)25-12-13-5-2-1-3-6-13/h1-3,5-6,10,14H,4,7-9,11-12H2,(H,18,23)(H,19,24)/t14-/m0/s1. The molecule has 1 atom stereocenters. The molecule has 1 aromatic rings. The van der Waals surface area contributed by atoms with Crippen LogP contribution in [0.1, 0.15) is 18.4 Å². The van der Waals surface area contributed by atoms with Crippen LogP contribution in [0.15, 0.2) is 30.3 Å². The van der Waals surface area contributed by atoms with E-state index in [1.54, 1.807) is 0 Å². The van der Waals surface area contributed by atoms with Gasteiger partial charge in [-0.3, -0.25) is 9.59 Å². The van der Waals surface area contributed by atoms with Crippen molar-refractivity contribution in [2.75, 3.05) is 19.6 Å². The van der Waals surface area contributed by atoms with E-state index in [-0.39, 0.29) is 31.5 Å². The summed E-state index contributed by atoms with van der Waals surface area (Å²) in [6.07, 6.45) is 1.13. The molecule has 0 unspecified atom stereocenters. The number of likely N-dealkylation sites (tertiary alicyclic amines) is 1. The molecule has 1 aromatic carbocycles. The summed E-state index contributed by atoms with van der Waals surface area (Å²) in [5, 5.41) is 4.84. The first-order valence-electron chi connectivity index (χ1n) is 8.07. The fourth-order valence-electron chi connectivity index (χ4n) is 2.62. The minimum atomic E-state index is -0.696. The smallest absolute Gasteiger partial charge is 0.407 e. The van der Waals surface area contributed by atoms with Gasteiger partial charge in [0.2, 0.25) is 11.8 Å². The van der Waals surface area contributed by atoms with Crippen molar-refractivity contribution in [3.8, 4) is 0 Å². The topological polar surface area (TPSA) is 105 Å². The molecule has 0 aromatic heterocycles. The zero-order valence-electron chi connectivity index (χ0n) is 13.8. The van der Waals surface area contributed by atoms with Crippen molar-refractivity contribution >= 4 is 24.2 Å². The second-order valence-electron chi connectivity index (χ2n) is 5.57. The molecule has 25 heavy (non-hydrogen) atoms. The molecule has 1 aliphatic heterocycles. The molecule has 8 heteroatoms. The molecule has 2 N–H and O–H groups in total. The highest BCUT2D eigenvalue weighted by Gasteiger charge is 2.33. The molecule has 1 heterocycles. The summed E-state index contributed by atoms with van der Waals surface area (Å²) >= 11 is 0. The number of carbonyl (C=O) groups is 4. The normalized spacial score (nSPS) is 16.2. The van der Waals surface area contributed by atoms with Crippen molar-refractivity contribution in [3.05, 3.63) is 35.9 Å².